The van der Waals surface area contributed by atoms with Crippen LogP contribution in [0.2, 0.25) is 0 Å². The molecule has 0 aliphatic heterocycles. The van der Waals surface area contributed by atoms with Gasteiger partial charge in [0.15, 0.2) is 12.4 Å². The molecule has 2 aromatic carbocycles. The monoisotopic (exact) mass is 399 g/mol. The summed E-state index contributed by atoms with van der Waals surface area (Å²) in [4.78, 5) is 15.5. The van der Waals surface area contributed by atoms with E-state index in [1.54, 1.807) is 30.5 Å². The van der Waals surface area contributed by atoms with Gasteiger partial charge in [0.2, 0.25) is 0 Å². The Labute approximate surface area is 173 Å². The fraction of sp³-hybridized carbons (Fsp3) is 0.0870. The Morgan fingerprint density at radius 1 is 1.07 bits per heavy atom. The smallest absolute Gasteiger partial charge is 0.251 e. The van der Waals surface area contributed by atoms with E-state index in [4.69, 9.17) is 11.1 Å². The van der Waals surface area contributed by atoms with E-state index < -0.39 is 0 Å². The maximum Gasteiger partial charge on any atom is 0.251 e. The lowest BCUT2D eigenvalue weighted by Crippen LogP contribution is -2.25. The third-order valence-electron chi connectivity index (χ3n) is 5.02. The molecule has 7 nitrogen and oxygen atoms in total. The number of H-pyrrole nitrogens is 1. The van der Waals surface area contributed by atoms with E-state index in [0.29, 0.717) is 24.1 Å². The number of fused-ring (bicyclic) bond motifs is 1. The minimum Gasteiger partial charge on any atom is -0.619 e. The molecule has 0 saturated heterocycles. The Balaban J connectivity index is 1.38. The topological polar surface area (TPSA) is 122 Å². The van der Waals surface area contributed by atoms with Crippen molar-refractivity contribution in [2.75, 3.05) is 6.54 Å². The number of aromatic nitrogens is 2. The number of nitrogens with zero attached hydrogens (tertiary/aromatic N) is 1. The highest BCUT2D eigenvalue weighted by molar-refractivity contribution is 6.07. The Kier molecular flexibility index (Phi) is 5.17. The fourth-order valence-electron chi connectivity index (χ4n) is 3.39. The zero-order valence-electron chi connectivity index (χ0n) is 16.2. The van der Waals surface area contributed by atoms with Gasteiger partial charge in [0.1, 0.15) is 5.84 Å². The van der Waals surface area contributed by atoms with Crippen molar-refractivity contribution in [2.45, 2.75) is 6.42 Å². The molecule has 0 aliphatic rings. The zero-order chi connectivity index (χ0) is 21.1. The predicted molar refractivity (Wildman–Crippen MR) is 116 cm³/mol. The summed E-state index contributed by atoms with van der Waals surface area (Å²) in [6.45, 7) is 0.494. The average molecular weight is 399 g/mol. The molecule has 7 heteroatoms. The number of aromatic amines is 1. The van der Waals surface area contributed by atoms with Gasteiger partial charge in [-0.25, -0.2) is 0 Å². The largest absolute Gasteiger partial charge is 0.619 e. The Morgan fingerprint density at radius 3 is 2.47 bits per heavy atom. The summed E-state index contributed by atoms with van der Waals surface area (Å²) in [5, 5.41) is 22.6. The lowest BCUT2D eigenvalue weighted by molar-refractivity contribution is -0.605. The van der Waals surface area contributed by atoms with Crippen LogP contribution in [0.1, 0.15) is 21.5 Å². The molecular formula is C23H21N5O2. The molecule has 4 rings (SSSR count). The van der Waals surface area contributed by atoms with Crippen LogP contribution in [0.4, 0.5) is 0 Å². The standard InChI is InChI=1S/C23H21N5O2/c24-22(25)20-14-27-21-6-1-15(13-19(20)21)7-10-26-23(29)18-4-2-16(3-5-18)17-8-11-28(30)12-9-17/h1-6,8-9,11-14,27H,7,10H2,(H3,24,25)(H,26,29). The molecule has 0 spiro atoms. The van der Waals surface area contributed by atoms with Crippen LogP contribution in [-0.2, 0) is 6.42 Å². The van der Waals surface area contributed by atoms with Gasteiger partial charge < -0.3 is 21.2 Å². The first kappa shape index (κ1) is 19.2. The molecule has 0 saturated carbocycles. The van der Waals surface area contributed by atoms with Gasteiger partial charge in [-0.2, -0.15) is 4.73 Å². The van der Waals surface area contributed by atoms with Gasteiger partial charge in [0.25, 0.3) is 5.91 Å². The van der Waals surface area contributed by atoms with Crippen molar-refractivity contribution < 1.29 is 9.52 Å². The summed E-state index contributed by atoms with van der Waals surface area (Å²) >= 11 is 0. The third-order valence-corrected chi connectivity index (χ3v) is 5.02. The van der Waals surface area contributed by atoms with Crippen LogP contribution < -0.4 is 15.8 Å². The molecule has 0 fully saturated rings. The van der Waals surface area contributed by atoms with Crippen LogP contribution in [0, 0.1) is 10.6 Å². The number of amides is 1. The maximum absolute atomic E-state index is 12.4. The van der Waals surface area contributed by atoms with Gasteiger partial charge in [0.05, 0.1) is 0 Å². The number of carbonyl (C=O) groups excluding carboxylic acids is 1. The summed E-state index contributed by atoms with van der Waals surface area (Å²) in [6, 6.07) is 16.7. The number of carbonyl (C=O) groups is 1. The Morgan fingerprint density at radius 2 is 1.77 bits per heavy atom. The summed E-state index contributed by atoms with van der Waals surface area (Å²) in [6.07, 6.45) is 5.29. The van der Waals surface area contributed by atoms with E-state index in [9.17, 15) is 10.0 Å². The summed E-state index contributed by atoms with van der Waals surface area (Å²) < 4.78 is 0.736. The van der Waals surface area contributed by atoms with Crippen LogP contribution in [0.25, 0.3) is 22.0 Å². The highest BCUT2D eigenvalue weighted by Crippen LogP contribution is 2.20. The summed E-state index contributed by atoms with van der Waals surface area (Å²) in [5.41, 5.74) is 10.7. The molecule has 0 unspecified atom stereocenters. The normalized spacial score (nSPS) is 10.8. The highest BCUT2D eigenvalue weighted by Gasteiger charge is 2.09. The molecule has 2 heterocycles. The van der Waals surface area contributed by atoms with Crippen molar-refractivity contribution in [3.8, 4) is 11.1 Å². The van der Waals surface area contributed by atoms with Crippen LogP contribution in [0.5, 0.6) is 0 Å². The number of nitrogen functional groups attached to an aromatic ring is 1. The number of rotatable bonds is 6. The van der Waals surface area contributed by atoms with E-state index >= 15 is 0 Å². The minimum absolute atomic E-state index is 0.0258. The van der Waals surface area contributed by atoms with Crippen LogP contribution in [-0.4, -0.2) is 23.3 Å². The number of nitrogens with one attached hydrogen (secondary N) is 3. The van der Waals surface area contributed by atoms with Crippen molar-refractivity contribution in [3.63, 3.8) is 0 Å². The van der Waals surface area contributed by atoms with Gasteiger partial charge >= 0.3 is 0 Å². The quantitative estimate of drug-likeness (QED) is 0.173. The fourth-order valence-corrected chi connectivity index (χ4v) is 3.39. The van der Waals surface area contributed by atoms with Gasteiger partial charge in [0, 0.05) is 46.9 Å². The summed E-state index contributed by atoms with van der Waals surface area (Å²) in [5.74, 6) is -0.114. The lowest BCUT2D eigenvalue weighted by Gasteiger charge is -2.07. The van der Waals surface area contributed by atoms with Crippen molar-refractivity contribution >= 4 is 22.6 Å². The molecule has 1 amide bonds. The summed E-state index contributed by atoms with van der Waals surface area (Å²) in [7, 11) is 0. The van der Waals surface area contributed by atoms with E-state index in [1.807, 2.05) is 30.3 Å². The number of pyridine rings is 1. The van der Waals surface area contributed by atoms with Gasteiger partial charge in [-0.3, -0.25) is 10.2 Å². The number of nitrogens with two attached hydrogens (primary N) is 1. The Hall–Kier alpha value is -4.13. The molecule has 0 radical (unpaired) electrons. The van der Waals surface area contributed by atoms with Crippen LogP contribution in [0.3, 0.4) is 0 Å². The highest BCUT2D eigenvalue weighted by atomic mass is 16.5. The Bertz CT molecular complexity index is 1210. The maximum atomic E-state index is 12.4. The number of amidine groups is 1. The van der Waals surface area contributed by atoms with E-state index in [-0.39, 0.29) is 11.7 Å². The lowest BCUT2D eigenvalue weighted by atomic mass is 10.0. The van der Waals surface area contributed by atoms with E-state index in [2.05, 4.69) is 10.3 Å². The van der Waals surface area contributed by atoms with Crippen LogP contribution in [0.15, 0.2) is 73.2 Å². The second kappa shape index (κ2) is 8.08. The molecule has 30 heavy (non-hydrogen) atoms. The van der Waals surface area contributed by atoms with E-state index in [0.717, 1.165) is 32.3 Å². The van der Waals surface area contributed by atoms with E-state index in [1.165, 1.54) is 12.4 Å². The van der Waals surface area contributed by atoms with Gasteiger partial charge in [-0.1, -0.05) is 18.2 Å². The average Bonchev–Trinajstić information content (AvgIpc) is 3.18. The molecule has 5 N–H and O–H groups in total. The number of hydrogen-bond acceptors (Lipinski definition) is 3. The second-order valence-corrected chi connectivity index (χ2v) is 7.03. The molecule has 150 valence electrons. The molecule has 0 bridgehead atoms. The first-order chi connectivity index (χ1) is 14.5. The van der Waals surface area contributed by atoms with Crippen LogP contribution >= 0.6 is 0 Å². The van der Waals surface area contributed by atoms with Crippen molar-refractivity contribution in [3.05, 3.63) is 95.1 Å². The molecule has 0 atom stereocenters. The second-order valence-electron chi connectivity index (χ2n) is 7.03. The van der Waals surface area contributed by atoms with Gasteiger partial charge in [-0.05, 0) is 47.4 Å². The number of benzene rings is 2. The minimum atomic E-state index is -0.140. The molecular weight excluding hydrogens is 378 g/mol. The first-order valence-corrected chi connectivity index (χ1v) is 9.53. The molecule has 0 aliphatic carbocycles. The molecule has 2 aromatic heterocycles. The third kappa shape index (κ3) is 4.00. The molecule has 4 aromatic rings. The SMILES string of the molecule is N=C(N)c1c[nH]c2ccc(CCNC(=O)c3ccc(-c4cc[n+]([O-])cc4)cc3)cc12. The van der Waals surface area contributed by atoms with Crippen molar-refractivity contribution in [1.29, 1.82) is 5.41 Å². The first-order valence-electron chi connectivity index (χ1n) is 9.53. The predicted octanol–water partition coefficient (Wildman–Crippen LogP) is 2.72. The van der Waals surface area contributed by atoms with Crippen molar-refractivity contribution in [1.82, 2.24) is 10.3 Å². The number of hydrogen-bond donors (Lipinski definition) is 4. The van der Waals surface area contributed by atoms with Gasteiger partial charge in [-0.15, -0.1) is 0 Å². The zero-order valence-corrected chi connectivity index (χ0v) is 16.2. The van der Waals surface area contributed by atoms with Crippen molar-refractivity contribution in [2.24, 2.45) is 5.73 Å².